The zero-order valence-electron chi connectivity index (χ0n) is 13.1. The van der Waals surface area contributed by atoms with Gasteiger partial charge in [-0.25, -0.2) is 4.79 Å². The van der Waals surface area contributed by atoms with Gasteiger partial charge < -0.3 is 19.7 Å². The third-order valence-electron chi connectivity index (χ3n) is 3.01. The fourth-order valence-electron chi connectivity index (χ4n) is 1.20. The molecule has 112 valence electrons. The van der Waals surface area contributed by atoms with Gasteiger partial charge in [-0.05, 0) is 12.3 Å². The van der Waals surface area contributed by atoms with E-state index in [1.165, 1.54) is 0 Å². The molecule has 0 unspecified atom stereocenters. The summed E-state index contributed by atoms with van der Waals surface area (Å²) in [6.45, 7) is 10.5. The lowest BCUT2D eigenvalue weighted by molar-refractivity contribution is 0.123. The molecule has 0 aliphatic heterocycles. The molecular formula is C14H28N2O3. The predicted octanol–water partition coefficient (Wildman–Crippen LogP) is 2.24. The first-order valence-corrected chi connectivity index (χ1v) is 6.53. The Labute approximate surface area is 116 Å². The van der Waals surface area contributed by atoms with Crippen molar-refractivity contribution in [3.05, 3.63) is 11.8 Å². The van der Waals surface area contributed by atoms with E-state index in [0.29, 0.717) is 26.3 Å². The molecule has 0 radical (unpaired) electrons. The number of rotatable bonds is 7. The Morgan fingerprint density at radius 3 is 2.00 bits per heavy atom. The number of hydrogen-bond donors (Lipinski definition) is 1. The second-order valence-electron chi connectivity index (χ2n) is 5.50. The number of allylic oxidation sites excluding steroid dienone is 1. The first-order valence-electron chi connectivity index (χ1n) is 6.53. The van der Waals surface area contributed by atoms with Crippen LogP contribution in [0.25, 0.3) is 0 Å². The van der Waals surface area contributed by atoms with Gasteiger partial charge in [-0.15, -0.1) is 0 Å². The second-order valence-corrected chi connectivity index (χ2v) is 5.50. The molecular weight excluding hydrogens is 244 g/mol. The average molecular weight is 272 g/mol. The number of methoxy groups -OCH3 is 2. The fourth-order valence-corrected chi connectivity index (χ4v) is 1.20. The Bertz CT molecular complexity index is 288. The summed E-state index contributed by atoms with van der Waals surface area (Å²) in [6.07, 6.45) is 1.77. The minimum atomic E-state index is -0.127. The zero-order valence-corrected chi connectivity index (χ0v) is 13.1. The maximum Gasteiger partial charge on any atom is 0.321 e. The van der Waals surface area contributed by atoms with Gasteiger partial charge in [0.05, 0.1) is 13.2 Å². The van der Waals surface area contributed by atoms with Gasteiger partial charge in [-0.3, -0.25) is 0 Å². The molecule has 0 bridgehead atoms. The minimum absolute atomic E-state index is 0.0527. The van der Waals surface area contributed by atoms with Gasteiger partial charge >= 0.3 is 6.03 Å². The predicted molar refractivity (Wildman–Crippen MR) is 77.1 cm³/mol. The summed E-state index contributed by atoms with van der Waals surface area (Å²) in [4.78, 5) is 13.7. The summed E-state index contributed by atoms with van der Waals surface area (Å²) < 4.78 is 10.0. The number of nitrogens with one attached hydrogen (secondary N) is 1. The third-order valence-corrected chi connectivity index (χ3v) is 3.01. The average Bonchev–Trinajstić information content (AvgIpc) is 2.34. The number of carbonyl (C=O) groups is 1. The summed E-state index contributed by atoms with van der Waals surface area (Å²) in [5.41, 5.74) is 1.18. The Balaban J connectivity index is 4.46. The number of hydrogen-bond acceptors (Lipinski definition) is 3. The van der Waals surface area contributed by atoms with Crippen LogP contribution in [0.5, 0.6) is 0 Å². The van der Waals surface area contributed by atoms with Crippen LogP contribution >= 0.6 is 0 Å². The van der Waals surface area contributed by atoms with E-state index >= 15 is 0 Å². The standard InChI is InChI=1S/C14H28N2O3/c1-12(14(2,3)4)11-15-13(17)16(7-9-18-5)8-10-19-6/h11H,7-10H2,1-6H3,(H,15,17)/b12-11+. The largest absolute Gasteiger partial charge is 0.383 e. The summed E-state index contributed by atoms with van der Waals surface area (Å²) in [7, 11) is 3.24. The highest BCUT2D eigenvalue weighted by molar-refractivity contribution is 5.75. The molecule has 0 aromatic rings. The summed E-state index contributed by atoms with van der Waals surface area (Å²) >= 11 is 0. The Morgan fingerprint density at radius 1 is 1.16 bits per heavy atom. The van der Waals surface area contributed by atoms with Crippen LogP contribution in [0.3, 0.4) is 0 Å². The van der Waals surface area contributed by atoms with Crippen molar-refractivity contribution < 1.29 is 14.3 Å². The van der Waals surface area contributed by atoms with Crippen LogP contribution in [0.2, 0.25) is 0 Å². The molecule has 0 saturated carbocycles. The monoisotopic (exact) mass is 272 g/mol. The van der Waals surface area contributed by atoms with E-state index in [2.05, 4.69) is 26.1 Å². The zero-order chi connectivity index (χ0) is 14.9. The minimum Gasteiger partial charge on any atom is -0.383 e. The van der Waals surface area contributed by atoms with Crippen molar-refractivity contribution in [2.75, 3.05) is 40.5 Å². The summed E-state index contributed by atoms with van der Waals surface area (Å²) in [5, 5.41) is 2.82. The highest BCUT2D eigenvalue weighted by Crippen LogP contribution is 2.23. The van der Waals surface area contributed by atoms with E-state index in [-0.39, 0.29) is 11.4 Å². The van der Waals surface area contributed by atoms with E-state index in [1.54, 1.807) is 25.3 Å². The van der Waals surface area contributed by atoms with Gasteiger partial charge in [-0.1, -0.05) is 26.3 Å². The van der Waals surface area contributed by atoms with Gasteiger partial charge in [0.1, 0.15) is 0 Å². The van der Waals surface area contributed by atoms with Crippen molar-refractivity contribution in [1.82, 2.24) is 10.2 Å². The molecule has 19 heavy (non-hydrogen) atoms. The fraction of sp³-hybridized carbons (Fsp3) is 0.786. The molecule has 0 rings (SSSR count). The van der Waals surface area contributed by atoms with Crippen molar-refractivity contribution in [2.24, 2.45) is 5.41 Å². The molecule has 5 nitrogen and oxygen atoms in total. The van der Waals surface area contributed by atoms with Gasteiger partial charge in [0.2, 0.25) is 0 Å². The molecule has 0 aliphatic carbocycles. The number of nitrogens with zero attached hydrogens (tertiary/aromatic N) is 1. The van der Waals surface area contributed by atoms with Crippen LogP contribution in [0.1, 0.15) is 27.7 Å². The Morgan fingerprint density at radius 2 is 1.63 bits per heavy atom. The second kappa shape index (κ2) is 8.93. The summed E-state index contributed by atoms with van der Waals surface area (Å²) in [6, 6.07) is -0.127. The van der Waals surface area contributed by atoms with Crippen LogP contribution in [-0.4, -0.2) is 51.5 Å². The van der Waals surface area contributed by atoms with Crippen LogP contribution in [0, 0.1) is 5.41 Å². The van der Waals surface area contributed by atoms with Crippen molar-refractivity contribution in [3.63, 3.8) is 0 Å². The maximum absolute atomic E-state index is 12.0. The molecule has 0 heterocycles. The van der Waals surface area contributed by atoms with E-state index in [9.17, 15) is 4.79 Å². The smallest absolute Gasteiger partial charge is 0.321 e. The van der Waals surface area contributed by atoms with Crippen LogP contribution in [-0.2, 0) is 9.47 Å². The van der Waals surface area contributed by atoms with Crippen molar-refractivity contribution >= 4 is 6.03 Å². The molecule has 0 spiro atoms. The molecule has 0 atom stereocenters. The van der Waals surface area contributed by atoms with Crippen LogP contribution in [0.4, 0.5) is 4.79 Å². The number of ether oxygens (including phenoxy) is 2. The summed E-state index contributed by atoms with van der Waals surface area (Å²) in [5.74, 6) is 0. The van der Waals surface area contributed by atoms with E-state index in [4.69, 9.17) is 9.47 Å². The SMILES string of the molecule is COCCN(CCOC)C(=O)N/C=C(\C)C(C)(C)C. The maximum atomic E-state index is 12.0. The third kappa shape index (κ3) is 7.85. The lowest BCUT2D eigenvalue weighted by Gasteiger charge is -2.23. The van der Waals surface area contributed by atoms with Crippen LogP contribution in [0.15, 0.2) is 11.8 Å². The van der Waals surface area contributed by atoms with E-state index in [0.717, 1.165) is 5.57 Å². The van der Waals surface area contributed by atoms with E-state index < -0.39 is 0 Å². The number of amides is 2. The molecule has 2 amide bonds. The molecule has 0 aromatic heterocycles. The lowest BCUT2D eigenvalue weighted by atomic mass is 9.88. The Hall–Kier alpha value is -1.07. The highest BCUT2D eigenvalue weighted by atomic mass is 16.5. The molecule has 1 N–H and O–H groups in total. The molecule has 5 heteroatoms. The Kier molecular flexibility index (Phi) is 8.43. The quantitative estimate of drug-likeness (QED) is 0.773. The molecule has 0 saturated heterocycles. The van der Waals surface area contributed by atoms with Gasteiger partial charge in [0.25, 0.3) is 0 Å². The van der Waals surface area contributed by atoms with Crippen LogP contribution < -0.4 is 5.32 Å². The van der Waals surface area contributed by atoms with Gasteiger partial charge in [0, 0.05) is 33.5 Å². The number of carbonyl (C=O) groups excluding carboxylic acids is 1. The first-order chi connectivity index (χ1) is 8.82. The molecule has 0 aliphatic rings. The first kappa shape index (κ1) is 17.9. The lowest BCUT2D eigenvalue weighted by Crippen LogP contribution is -2.41. The topological polar surface area (TPSA) is 50.8 Å². The number of urea groups is 1. The van der Waals surface area contributed by atoms with E-state index in [1.807, 2.05) is 6.92 Å². The normalized spacial score (nSPS) is 12.4. The van der Waals surface area contributed by atoms with Gasteiger partial charge in [0.15, 0.2) is 0 Å². The molecule has 0 aromatic carbocycles. The van der Waals surface area contributed by atoms with Crippen molar-refractivity contribution in [1.29, 1.82) is 0 Å². The van der Waals surface area contributed by atoms with Gasteiger partial charge in [-0.2, -0.15) is 0 Å². The van der Waals surface area contributed by atoms with Crippen molar-refractivity contribution in [2.45, 2.75) is 27.7 Å². The molecule has 0 fully saturated rings. The highest BCUT2D eigenvalue weighted by Gasteiger charge is 2.15. The van der Waals surface area contributed by atoms with Crippen molar-refractivity contribution in [3.8, 4) is 0 Å².